The number of phenols is 1. The van der Waals surface area contributed by atoms with E-state index in [0.29, 0.717) is 5.75 Å². The first-order valence-electron chi connectivity index (χ1n) is 8.75. The van der Waals surface area contributed by atoms with Crippen LogP contribution in [0.25, 0.3) is 0 Å². The predicted octanol–water partition coefficient (Wildman–Crippen LogP) is 4.29. The predicted molar refractivity (Wildman–Crippen MR) is 107 cm³/mol. The molecule has 0 amide bonds. The van der Waals surface area contributed by atoms with Crippen LogP contribution in [0.2, 0.25) is 6.55 Å². The minimum atomic E-state index is -1.58. The number of hydrogen-bond donors (Lipinski definition) is 1. The molecule has 0 saturated heterocycles. The Morgan fingerprint density at radius 3 is 1.88 bits per heavy atom. The van der Waals surface area contributed by atoms with Gasteiger partial charge in [0.2, 0.25) is 0 Å². The summed E-state index contributed by atoms with van der Waals surface area (Å²) < 4.78 is 5.65. The summed E-state index contributed by atoms with van der Waals surface area (Å²) in [5, 5.41) is 10.7. The Morgan fingerprint density at radius 2 is 1.31 bits per heavy atom. The third-order valence-electron chi connectivity index (χ3n) is 4.72. The van der Waals surface area contributed by atoms with Gasteiger partial charge in [0, 0.05) is 5.41 Å². The van der Waals surface area contributed by atoms with Crippen LogP contribution in [0.5, 0.6) is 11.5 Å². The van der Waals surface area contributed by atoms with Gasteiger partial charge < -0.3 is 9.99 Å². The van der Waals surface area contributed by atoms with E-state index in [1.807, 2.05) is 42.5 Å². The van der Waals surface area contributed by atoms with Crippen LogP contribution in [0, 0.1) is 0 Å². The highest BCUT2D eigenvalue weighted by molar-refractivity contribution is 6.65. The lowest BCUT2D eigenvalue weighted by Gasteiger charge is -2.26. The molecule has 0 heterocycles. The first kappa shape index (κ1) is 18.2. The Hall–Kier alpha value is -2.56. The highest BCUT2D eigenvalue weighted by atomic mass is 28.3. The molecule has 0 bridgehead atoms. The topological polar surface area (TPSA) is 38.7 Å². The van der Waals surface area contributed by atoms with Gasteiger partial charge in [-0.1, -0.05) is 68.4 Å². The van der Waals surface area contributed by atoms with Gasteiger partial charge in [-0.25, -0.2) is 4.58 Å². The summed E-state index contributed by atoms with van der Waals surface area (Å²) in [7, 11) is -1.58. The number of hydrogen-bond acceptors (Lipinski definition) is 3. The molecule has 3 aromatic carbocycles. The number of phenolic OH excluding ortho intramolecular Hbond substituents is 1. The Bertz CT molecular complexity index is 828. The van der Waals surface area contributed by atoms with Crippen LogP contribution >= 0.6 is 0 Å². The molecule has 0 radical (unpaired) electrons. The summed E-state index contributed by atoms with van der Waals surface area (Å²) in [6.07, 6.45) is 0. The van der Waals surface area contributed by atoms with Gasteiger partial charge >= 0.3 is 0 Å². The molecule has 4 heteroatoms. The third kappa shape index (κ3) is 4.15. The Balaban J connectivity index is 1.67. The summed E-state index contributed by atoms with van der Waals surface area (Å²) >= 11 is 0. The van der Waals surface area contributed by atoms with Crippen LogP contribution in [-0.2, 0) is 9.99 Å². The molecule has 0 spiro atoms. The average molecular weight is 365 g/mol. The van der Waals surface area contributed by atoms with Gasteiger partial charge in [0.25, 0.3) is 9.04 Å². The van der Waals surface area contributed by atoms with Crippen molar-refractivity contribution < 1.29 is 14.6 Å². The molecule has 0 saturated carbocycles. The van der Waals surface area contributed by atoms with Crippen molar-refractivity contribution in [3.8, 4) is 11.5 Å². The van der Waals surface area contributed by atoms with E-state index >= 15 is 0 Å². The number of benzene rings is 3. The molecule has 3 nitrogen and oxygen atoms in total. The van der Waals surface area contributed by atoms with Gasteiger partial charge in [-0.2, -0.15) is 0 Å². The summed E-state index contributed by atoms with van der Waals surface area (Å²) in [6.45, 7) is 6.42. The third-order valence-corrected chi connectivity index (χ3v) is 6.43. The second-order valence-corrected chi connectivity index (χ2v) is 9.07. The molecule has 26 heavy (non-hydrogen) atoms. The minimum Gasteiger partial charge on any atom is -0.508 e. The van der Waals surface area contributed by atoms with Crippen molar-refractivity contribution in [3.63, 3.8) is 0 Å². The van der Waals surface area contributed by atoms with Crippen LogP contribution in [0.15, 0.2) is 78.9 Å². The van der Waals surface area contributed by atoms with Crippen molar-refractivity contribution in [2.75, 3.05) is 0 Å². The molecule has 1 unspecified atom stereocenters. The fraction of sp³-hybridized carbons (Fsp3) is 0.182. The fourth-order valence-electron chi connectivity index (χ4n) is 2.88. The highest BCUT2D eigenvalue weighted by Gasteiger charge is 2.23. The first-order chi connectivity index (χ1) is 12.5. The quantitative estimate of drug-likeness (QED) is 0.403. The molecule has 0 aromatic heterocycles. The van der Waals surface area contributed by atoms with E-state index in [9.17, 15) is 5.11 Å². The van der Waals surface area contributed by atoms with Crippen LogP contribution in [-0.4, -0.2) is 14.1 Å². The van der Waals surface area contributed by atoms with Gasteiger partial charge in [-0.3, -0.25) is 0 Å². The second-order valence-electron chi connectivity index (χ2n) is 6.93. The van der Waals surface area contributed by atoms with Crippen LogP contribution in [0.3, 0.4) is 0 Å². The van der Waals surface area contributed by atoms with Gasteiger partial charge in [-0.05, 0) is 47.1 Å². The summed E-state index contributed by atoms with van der Waals surface area (Å²) in [6, 6.07) is 25.5. The van der Waals surface area contributed by atoms with Gasteiger partial charge in [0.15, 0.2) is 5.75 Å². The molecule has 1 N–H and O–H groups in total. The van der Waals surface area contributed by atoms with E-state index < -0.39 is 9.04 Å². The first-order valence-corrected chi connectivity index (χ1v) is 11.0. The Kier molecular flexibility index (Phi) is 5.45. The summed E-state index contributed by atoms with van der Waals surface area (Å²) in [5.74, 6) is 0.979. The van der Waals surface area contributed by atoms with Crippen molar-refractivity contribution in [2.45, 2.75) is 25.8 Å². The van der Waals surface area contributed by atoms with Crippen LogP contribution < -0.4 is 10.1 Å². The molecule has 0 aliphatic carbocycles. The smallest absolute Gasteiger partial charge is 0.267 e. The molecule has 1 atom stereocenters. The molecule has 0 aliphatic rings. The average Bonchev–Trinajstić information content (AvgIpc) is 2.67. The standard InChI is InChI=1S/C22H24O3Si/c1-22(2,17-9-13-19(23)14-10-17)18-11-15-20(16-12-18)24-25-26(3)21-7-5-4-6-8-21/h4-16,23,26H,1-3H3. The van der Waals surface area contributed by atoms with E-state index in [2.05, 4.69) is 44.7 Å². The fourth-order valence-corrected chi connectivity index (χ4v) is 4.01. The maximum absolute atomic E-state index is 9.49. The zero-order valence-corrected chi connectivity index (χ0v) is 16.5. The van der Waals surface area contributed by atoms with E-state index in [-0.39, 0.29) is 11.2 Å². The molecule has 0 aliphatic heterocycles. The number of rotatable bonds is 6. The van der Waals surface area contributed by atoms with E-state index in [4.69, 9.17) is 9.46 Å². The van der Waals surface area contributed by atoms with Gasteiger partial charge in [0.1, 0.15) is 5.75 Å². The molecule has 3 aromatic rings. The van der Waals surface area contributed by atoms with Crippen molar-refractivity contribution in [3.05, 3.63) is 90.0 Å². The van der Waals surface area contributed by atoms with Crippen LogP contribution in [0.4, 0.5) is 0 Å². The zero-order chi connectivity index (χ0) is 18.6. The summed E-state index contributed by atoms with van der Waals surface area (Å²) in [5.41, 5.74) is 2.15. The number of aromatic hydroxyl groups is 1. The van der Waals surface area contributed by atoms with Crippen LogP contribution in [0.1, 0.15) is 25.0 Å². The lowest BCUT2D eigenvalue weighted by molar-refractivity contribution is -0.103. The monoisotopic (exact) mass is 364 g/mol. The molecule has 0 fully saturated rings. The normalized spacial score (nSPS) is 12.6. The molecule has 134 valence electrons. The van der Waals surface area contributed by atoms with Crippen molar-refractivity contribution >= 4 is 14.2 Å². The SMILES string of the molecule is C[SiH](OOc1ccc(C(C)(C)c2ccc(O)cc2)cc1)c1ccccc1. The van der Waals surface area contributed by atoms with Crippen molar-refractivity contribution in [1.82, 2.24) is 0 Å². The van der Waals surface area contributed by atoms with Gasteiger partial charge in [0.05, 0.1) is 0 Å². The van der Waals surface area contributed by atoms with E-state index in [1.165, 1.54) is 10.8 Å². The second kappa shape index (κ2) is 7.77. The summed E-state index contributed by atoms with van der Waals surface area (Å²) in [4.78, 5) is 5.54. The Labute approximate surface area is 156 Å². The lowest BCUT2D eigenvalue weighted by Crippen LogP contribution is -2.31. The van der Waals surface area contributed by atoms with Crippen molar-refractivity contribution in [2.24, 2.45) is 0 Å². The zero-order valence-electron chi connectivity index (χ0n) is 15.3. The van der Waals surface area contributed by atoms with E-state index in [1.54, 1.807) is 12.1 Å². The van der Waals surface area contributed by atoms with E-state index in [0.717, 1.165) is 5.56 Å². The lowest BCUT2D eigenvalue weighted by atomic mass is 9.78. The molecule has 3 rings (SSSR count). The maximum atomic E-state index is 9.49. The highest BCUT2D eigenvalue weighted by Crippen LogP contribution is 2.33. The molecular weight excluding hydrogens is 340 g/mol. The van der Waals surface area contributed by atoms with Gasteiger partial charge in [-0.15, -0.1) is 0 Å². The minimum absolute atomic E-state index is 0.167. The largest absolute Gasteiger partial charge is 0.508 e. The maximum Gasteiger partial charge on any atom is 0.267 e. The Morgan fingerprint density at radius 1 is 0.769 bits per heavy atom. The van der Waals surface area contributed by atoms with Crippen molar-refractivity contribution in [1.29, 1.82) is 0 Å². The molecular formula is C22H24O3Si.